The Morgan fingerprint density at radius 1 is 0.280 bits per heavy atom. The first-order valence-corrected chi connectivity index (χ1v) is 27.5. The van der Waals surface area contributed by atoms with Crippen LogP contribution in [0.25, 0.3) is 93.5 Å². The molecule has 14 aromatic rings. The molecule has 0 bridgehead atoms. The molecule has 0 fully saturated rings. The van der Waals surface area contributed by atoms with Gasteiger partial charge in [0.2, 0.25) is 0 Å². The standard InChI is InChI=1S/C76H52F3N3/c1-51-25-37-61(38-26-51)80(59-17-7-3-8-18-59)62-39-27-52(28-40-62)56-33-47-72-70(49-56)71-50-57(53-29-41-63(42-30-53)81(60-19-9-4-10-20-60)64-45-35-58(36-46-64)76(77,78)79)34-48-73(71)82(72)65-43-31-55(32-44-65)75-68-23-13-11-21-66(68)74(54-15-5-2-6-16-54)67-22-12-14-24-69(67)75/h2-50H,1H3. The summed E-state index contributed by atoms with van der Waals surface area (Å²) >= 11 is 0. The lowest BCUT2D eigenvalue weighted by molar-refractivity contribution is -0.137. The molecule has 0 saturated heterocycles. The van der Waals surface area contributed by atoms with Gasteiger partial charge in [0.1, 0.15) is 0 Å². The molecular weight excluding hydrogens is 1010 g/mol. The van der Waals surface area contributed by atoms with Crippen molar-refractivity contribution in [3.63, 3.8) is 0 Å². The van der Waals surface area contributed by atoms with Gasteiger partial charge < -0.3 is 14.4 Å². The second kappa shape index (κ2) is 20.7. The fourth-order valence-electron chi connectivity index (χ4n) is 11.9. The van der Waals surface area contributed by atoms with Gasteiger partial charge in [-0.3, -0.25) is 0 Å². The van der Waals surface area contributed by atoms with Crippen molar-refractivity contribution in [1.82, 2.24) is 4.57 Å². The highest BCUT2D eigenvalue weighted by molar-refractivity contribution is 6.21. The van der Waals surface area contributed by atoms with Gasteiger partial charge in [-0.25, -0.2) is 0 Å². The zero-order valence-corrected chi connectivity index (χ0v) is 44.8. The summed E-state index contributed by atoms with van der Waals surface area (Å²) in [7, 11) is 0. The van der Waals surface area contributed by atoms with Gasteiger partial charge in [-0.05, 0) is 194 Å². The highest BCUT2D eigenvalue weighted by atomic mass is 19.4. The van der Waals surface area contributed by atoms with E-state index in [1.807, 2.05) is 53.4 Å². The molecule has 14 rings (SSSR count). The Hall–Kier alpha value is -10.4. The molecule has 3 nitrogen and oxygen atoms in total. The summed E-state index contributed by atoms with van der Waals surface area (Å²) in [4.78, 5) is 4.27. The van der Waals surface area contributed by atoms with E-state index in [0.717, 1.165) is 95.9 Å². The Morgan fingerprint density at radius 2 is 0.598 bits per heavy atom. The van der Waals surface area contributed by atoms with Crippen LogP contribution in [0.4, 0.5) is 47.3 Å². The zero-order valence-electron chi connectivity index (χ0n) is 44.8. The highest BCUT2D eigenvalue weighted by Crippen LogP contribution is 2.46. The number of fused-ring (bicyclic) bond motifs is 5. The second-order valence-corrected chi connectivity index (χ2v) is 20.9. The van der Waals surface area contributed by atoms with E-state index in [1.54, 1.807) is 0 Å². The normalized spacial score (nSPS) is 11.7. The topological polar surface area (TPSA) is 11.4 Å². The molecule has 0 aliphatic carbocycles. The van der Waals surface area contributed by atoms with E-state index in [-0.39, 0.29) is 0 Å². The van der Waals surface area contributed by atoms with E-state index < -0.39 is 11.7 Å². The minimum atomic E-state index is -4.43. The Morgan fingerprint density at radius 3 is 1.00 bits per heavy atom. The summed E-state index contributed by atoms with van der Waals surface area (Å²) in [6.07, 6.45) is -4.43. The number of hydrogen-bond donors (Lipinski definition) is 0. The maximum atomic E-state index is 13.7. The number of anilines is 6. The summed E-state index contributed by atoms with van der Waals surface area (Å²) in [5, 5.41) is 7.09. The van der Waals surface area contributed by atoms with E-state index >= 15 is 0 Å². The Bertz CT molecular complexity index is 4560. The summed E-state index contributed by atoms with van der Waals surface area (Å²) in [6, 6.07) is 102. The first-order valence-electron chi connectivity index (χ1n) is 27.5. The van der Waals surface area contributed by atoms with Gasteiger partial charge in [-0.1, -0.05) is 181 Å². The van der Waals surface area contributed by atoms with Gasteiger partial charge in [0, 0.05) is 50.6 Å². The molecule has 0 N–H and O–H groups in total. The van der Waals surface area contributed by atoms with Crippen LogP contribution >= 0.6 is 0 Å². The van der Waals surface area contributed by atoms with Crippen LogP contribution in [0.3, 0.4) is 0 Å². The second-order valence-electron chi connectivity index (χ2n) is 20.9. The molecule has 0 radical (unpaired) electrons. The Balaban J connectivity index is 0.884. The number of nitrogens with zero attached hydrogens (tertiary/aromatic N) is 3. The zero-order chi connectivity index (χ0) is 55.3. The highest BCUT2D eigenvalue weighted by Gasteiger charge is 2.30. The van der Waals surface area contributed by atoms with Gasteiger partial charge in [0.25, 0.3) is 0 Å². The third kappa shape index (κ3) is 9.10. The van der Waals surface area contributed by atoms with E-state index in [1.165, 1.54) is 55.9 Å². The van der Waals surface area contributed by atoms with Crippen molar-refractivity contribution >= 4 is 77.5 Å². The molecule has 0 aliphatic rings. The van der Waals surface area contributed by atoms with Crippen LogP contribution in [-0.4, -0.2) is 4.57 Å². The van der Waals surface area contributed by atoms with Crippen LogP contribution in [0.15, 0.2) is 297 Å². The van der Waals surface area contributed by atoms with Crippen LogP contribution in [0.1, 0.15) is 11.1 Å². The van der Waals surface area contributed by atoms with Crippen molar-refractivity contribution in [2.75, 3.05) is 9.80 Å². The number of hydrogen-bond acceptors (Lipinski definition) is 2. The molecule has 1 aromatic heterocycles. The minimum absolute atomic E-state index is 0.627. The molecule has 0 aliphatic heterocycles. The van der Waals surface area contributed by atoms with Crippen molar-refractivity contribution in [1.29, 1.82) is 0 Å². The SMILES string of the molecule is Cc1ccc(N(c2ccccc2)c2ccc(-c3ccc4c(c3)c3cc(-c5ccc(N(c6ccccc6)c6ccc(C(F)(F)F)cc6)cc5)ccc3n4-c3ccc(-c4c5ccccc5c(-c5ccccc5)c5ccccc45)cc3)cc2)cc1. The number of alkyl halides is 3. The third-order valence-electron chi connectivity index (χ3n) is 15.9. The predicted octanol–water partition coefficient (Wildman–Crippen LogP) is 22.0. The quantitative estimate of drug-likeness (QED) is 0.120. The molecule has 392 valence electrons. The van der Waals surface area contributed by atoms with Crippen molar-refractivity contribution in [2.45, 2.75) is 13.1 Å². The maximum absolute atomic E-state index is 13.7. The summed E-state index contributed by atoms with van der Waals surface area (Å²) < 4.78 is 43.4. The van der Waals surface area contributed by atoms with Crippen LogP contribution < -0.4 is 9.80 Å². The van der Waals surface area contributed by atoms with Crippen molar-refractivity contribution in [3.8, 4) is 50.2 Å². The molecule has 0 spiro atoms. The van der Waals surface area contributed by atoms with Crippen molar-refractivity contribution < 1.29 is 13.2 Å². The van der Waals surface area contributed by atoms with Crippen LogP contribution in [0.5, 0.6) is 0 Å². The number of aryl methyl sites for hydroxylation is 1. The van der Waals surface area contributed by atoms with Crippen LogP contribution in [0.2, 0.25) is 0 Å². The van der Waals surface area contributed by atoms with Gasteiger partial charge in [0.05, 0.1) is 16.6 Å². The number of benzene rings is 13. The fraction of sp³-hybridized carbons (Fsp3) is 0.0263. The van der Waals surface area contributed by atoms with E-state index in [4.69, 9.17) is 0 Å². The summed E-state index contributed by atoms with van der Waals surface area (Å²) in [5.74, 6) is 0. The maximum Gasteiger partial charge on any atom is 0.416 e. The smallest absolute Gasteiger partial charge is 0.311 e. The van der Waals surface area contributed by atoms with Crippen LogP contribution in [0, 0.1) is 6.92 Å². The molecule has 0 unspecified atom stereocenters. The van der Waals surface area contributed by atoms with Crippen molar-refractivity contribution in [2.24, 2.45) is 0 Å². The molecule has 82 heavy (non-hydrogen) atoms. The molecule has 1 heterocycles. The lowest BCUT2D eigenvalue weighted by Crippen LogP contribution is -2.11. The number of halogens is 3. The van der Waals surface area contributed by atoms with Crippen LogP contribution in [-0.2, 0) is 6.18 Å². The number of rotatable bonds is 11. The number of aromatic nitrogens is 1. The molecule has 0 atom stereocenters. The third-order valence-corrected chi connectivity index (χ3v) is 15.9. The summed E-state index contributed by atoms with van der Waals surface area (Å²) in [6.45, 7) is 2.11. The molecular formula is C76H52F3N3. The molecule has 13 aromatic carbocycles. The largest absolute Gasteiger partial charge is 0.416 e. The first kappa shape index (κ1) is 49.8. The van der Waals surface area contributed by atoms with E-state index in [0.29, 0.717) is 5.69 Å². The first-order chi connectivity index (χ1) is 40.2. The predicted molar refractivity (Wildman–Crippen MR) is 337 cm³/mol. The monoisotopic (exact) mass is 1060 g/mol. The average molecular weight is 1060 g/mol. The fourth-order valence-corrected chi connectivity index (χ4v) is 11.9. The van der Waals surface area contributed by atoms with Gasteiger partial charge in [0.15, 0.2) is 0 Å². The molecule has 6 heteroatoms. The summed E-state index contributed by atoms with van der Waals surface area (Å²) in [5.41, 5.74) is 18.3. The Labute approximate surface area is 474 Å². The lowest BCUT2D eigenvalue weighted by atomic mass is 9.86. The van der Waals surface area contributed by atoms with Gasteiger partial charge in [-0.15, -0.1) is 0 Å². The number of para-hydroxylation sites is 2. The van der Waals surface area contributed by atoms with E-state index in [2.05, 4.69) is 241 Å². The minimum Gasteiger partial charge on any atom is -0.311 e. The van der Waals surface area contributed by atoms with Gasteiger partial charge in [-0.2, -0.15) is 13.2 Å². The van der Waals surface area contributed by atoms with Gasteiger partial charge >= 0.3 is 6.18 Å². The lowest BCUT2D eigenvalue weighted by Gasteiger charge is -2.26. The van der Waals surface area contributed by atoms with Crippen molar-refractivity contribution in [3.05, 3.63) is 308 Å². The molecule has 0 amide bonds. The average Bonchev–Trinajstić information content (AvgIpc) is 4.09. The molecule has 0 saturated carbocycles. The Kier molecular flexibility index (Phi) is 12.6. The van der Waals surface area contributed by atoms with E-state index in [9.17, 15) is 13.2 Å².